The minimum Gasteiger partial charge on any atom is -0.374 e. The predicted molar refractivity (Wildman–Crippen MR) is 50.8 cm³/mol. The summed E-state index contributed by atoms with van der Waals surface area (Å²) in [6.45, 7) is 4.70. The third kappa shape index (κ3) is 3.72. The lowest BCUT2D eigenvalue weighted by Gasteiger charge is -2.30. The normalized spacial score (nSPS) is 26.0. The molecule has 1 heterocycles. The van der Waals surface area contributed by atoms with Crippen LogP contribution in [-0.2, 0) is 4.74 Å². The largest absolute Gasteiger partial charge is 0.374 e. The number of alkyl halides is 1. The van der Waals surface area contributed by atoms with E-state index < -0.39 is 0 Å². The molecule has 0 aromatic heterocycles. The van der Waals surface area contributed by atoms with Crippen LogP contribution in [0, 0.1) is 0 Å². The Bertz CT molecular complexity index is 124. The number of ether oxygens (including phenoxy) is 1. The van der Waals surface area contributed by atoms with Crippen LogP contribution < -0.4 is 5.32 Å². The lowest BCUT2D eigenvalue weighted by atomic mass is 10.3. The second kappa shape index (κ2) is 5.75. The molecule has 0 aromatic rings. The number of nitrogens with one attached hydrogen (secondary N) is 1. The first-order chi connectivity index (χ1) is 5.83. The molecule has 12 heavy (non-hydrogen) atoms. The molecule has 3 nitrogen and oxygen atoms in total. The summed E-state index contributed by atoms with van der Waals surface area (Å²) >= 11 is 5.53. The third-order valence-electron chi connectivity index (χ3n) is 1.99. The van der Waals surface area contributed by atoms with Gasteiger partial charge in [-0.15, -0.1) is 11.6 Å². The van der Waals surface area contributed by atoms with Crippen molar-refractivity contribution in [3.05, 3.63) is 0 Å². The maximum absolute atomic E-state index is 5.55. The van der Waals surface area contributed by atoms with Gasteiger partial charge >= 0.3 is 0 Å². The van der Waals surface area contributed by atoms with Crippen LogP contribution in [0.15, 0.2) is 0 Å². The minimum atomic E-state index is 0.340. The third-order valence-corrected chi connectivity index (χ3v) is 2.17. The highest BCUT2D eigenvalue weighted by Crippen LogP contribution is 2.00. The van der Waals surface area contributed by atoms with Gasteiger partial charge in [-0.1, -0.05) is 0 Å². The van der Waals surface area contributed by atoms with Crippen molar-refractivity contribution < 1.29 is 4.74 Å². The van der Waals surface area contributed by atoms with Gasteiger partial charge in [-0.3, -0.25) is 0 Å². The summed E-state index contributed by atoms with van der Waals surface area (Å²) in [6.07, 6.45) is 0.340. The van der Waals surface area contributed by atoms with E-state index in [9.17, 15) is 0 Å². The smallest absolute Gasteiger partial charge is 0.0826 e. The average molecular weight is 193 g/mol. The first-order valence-corrected chi connectivity index (χ1v) is 4.93. The van der Waals surface area contributed by atoms with E-state index in [1.165, 1.54) is 0 Å². The van der Waals surface area contributed by atoms with Crippen molar-refractivity contribution in [3.63, 3.8) is 0 Å². The van der Waals surface area contributed by atoms with E-state index in [1.807, 2.05) is 0 Å². The molecule has 1 rings (SSSR count). The number of hydrogen-bond acceptors (Lipinski definition) is 3. The molecule has 0 saturated carbocycles. The predicted octanol–water partition coefficient (Wildman–Crippen LogP) is 0.145. The summed E-state index contributed by atoms with van der Waals surface area (Å²) in [5, 5.41) is 3.24. The van der Waals surface area contributed by atoms with Gasteiger partial charge in [-0.2, -0.15) is 0 Å². The van der Waals surface area contributed by atoms with Gasteiger partial charge in [0.1, 0.15) is 0 Å². The Hall–Kier alpha value is 0.170. The van der Waals surface area contributed by atoms with Gasteiger partial charge in [0.15, 0.2) is 0 Å². The summed E-state index contributed by atoms with van der Waals surface area (Å²) in [6, 6.07) is 0. The highest BCUT2D eigenvalue weighted by atomic mass is 35.5. The van der Waals surface area contributed by atoms with E-state index in [4.69, 9.17) is 16.3 Å². The Balaban J connectivity index is 2.06. The maximum Gasteiger partial charge on any atom is 0.0826 e. The Morgan fingerprint density at radius 3 is 3.17 bits per heavy atom. The molecule has 0 aromatic carbocycles. The summed E-state index contributed by atoms with van der Waals surface area (Å²) < 4.78 is 5.55. The molecule has 4 heteroatoms. The summed E-state index contributed by atoms with van der Waals surface area (Å²) in [5.41, 5.74) is 0. The zero-order chi connectivity index (χ0) is 8.81. The fourth-order valence-corrected chi connectivity index (χ4v) is 1.45. The van der Waals surface area contributed by atoms with Crippen molar-refractivity contribution in [1.29, 1.82) is 0 Å². The van der Waals surface area contributed by atoms with Gasteiger partial charge in [0.05, 0.1) is 12.7 Å². The number of halogens is 1. The van der Waals surface area contributed by atoms with E-state index in [1.54, 1.807) is 0 Å². The molecule has 1 atom stereocenters. The number of rotatable bonds is 4. The molecule has 0 radical (unpaired) electrons. The van der Waals surface area contributed by atoms with Crippen molar-refractivity contribution in [2.75, 3.05) is 45.7 Å². The van der Waals surface area contributed by atoms with Crippen LogP contribution >= 0.6 is 11.6 Å². The molecule has 1 N–H and O–H groups in total. The van der Waals surface area contributed by atoms with Crippen LogP contribution in [0.5, 0.6) is 0 Å². The van der Waals surface area contributed by atoms with E-state index in [-0.39, 0.29) is 0 Å². The number of nitrogens with zero attached hydrogens (tertiary/aromatic N) is 1. The molecule has 72 valence electrons. The lowest BCUT2D eigenvalue weighted by molar-refractivity contribution is -0.0178. The fourth-order valence-electron chi connectivity index (χ4n) is 1.32. The van der Waals surface area contributed by atoms with Crippen molar-refractivity contribution in [2.45, 2.75) is 6.10 Å². The van der Waals surface area contributed by atoms with Gasteiger partial charge in [0, 0.05) is 32.1 Å². The second-order valence-electron chi connectivity index (χ2n) is 3.15. The molecule has 0 amide bonds. The van der Waals surface area contributed by atoms with Gasteiger partial charge in [0.2, 0.25) is 0 Å². The zero-order valence-corrected chi connectivity index (χ0v) is 8.31. The monoisotopic (exact) mass is 192 g/mol. The standard InChI is InChI=1S/C8H17ClN2O/c1-11-4-5-12-8(7-11)6-10-3-2-9/h8,10H,2-7H2,1H3. The molecule has 1 unspecified atom stereocenters. The molecule has 0 aliphatic carbocycles. The van der Waals surface area contributed by atoms with E-state index >= 15 is 0 Å². The Morgan fingerprint density at radius 1 is 1.67 bits per heavy atom. The molecule has 1 aliphatic rings. The number of hydrogen-bond donors (Lipinski definition) is 1. The Kier molecular flexibility index (Phi) is 4.92. The van der Waals surface area contributed by atoms with Crippen molar-refractivity contribution in [1.82, 2.24) is 10.2 Å². The summed E-state index contributed by atoms with van der Waals surface area (Å²) in [4.78, 5) is 2.29. The van der Waals surface area contributed by atoms with Crippen LogP contribution in [0.4, 0.5) is 0 Å². The van der Waals surface area contributed by atoms with Gasteiger partial charge < -0.3 is 15.0 Å². The molecular formula is C8H17ClN2O. The molecule has 0 spiro atoms. The summed E-state index contributed by atoms with van der Waals surface area (Å²) in [5.74, 6) is 0.669. The van der Waals surface area contributed by atoms with Crippen molar-refractivity contribution >= 4 is 11.6 Å². The van der Waals surface area contributed by atoms with Gasteiger partial charge in [-0.25, -0.2) is 0 Å². The fraction of sp³-hybridized carbons (Fsp3) is 1.00. The quantitative estimate of drug-likeness (QED) is 0.507. The SMILES string of the molecule is CN1CCOC(CNCCCl)C1. The number of likely N-dealkylation sites (N-methyl/N-ethyl adjacent to an activating group) is 1. The lowest BCUT2D eigenvalue weighted by Crippen LogP contribution is -2.45. The first-order valence-electron chi connectivity index (χ1n) is 4.39. The molecule has 0 bridgehead atoms. The minimum absolute atomic E-state index is 0.340. The Labute approximate surface area is 79.0 Å². The van der Waals surface area contributed by atoms with Crippen LogP contribution in [-0.4, -0.2) is 56.7 Å². The zero-order valence-electron chi connectivity index (χ0n) is 7.55. The van der Waals surface area contributed by atoms with Crippen molar-refractivity contribution in [2.24, 2.45) is 0 Å². The molecule has 1 fully saturated rings. The Morgan fingerprint density at radius 2 is 2.50 bits per heavy atom. The topological polar surface area (TPSA) is 24.5 Å². The van der Waals surface area contributed by atoms with Crippen molar-refractivity contribution in [3.8, 4) is 0 Å². The number of morpholine rings is 1. The summed E-state index contributed by atoms with van der Waals surface area (Å²) in [7, 11) is 2.12. The van der Waals surface area contributed by atoms with E-state index in [2.05, 4.69) is 17.3 Å². The van der Waals surface area contributed by atoms with Crippen LogP contribution in [0.2, 0.25) is 0 Å². The maximum atomic E-state index is 5.55. The van der Waals surface area contributed by atoms with Crippen LogP contribution in [0.25, 0.3) is 0 Å². The van der Waals surface area contributed by atoms with Crippen LogP contribution in [0.3, 0.4) is 0 Å². The second-order valence-corrected chi connectivity index (χ2v) is 3.53. The molecule has 1 saturated heterocycles. The van der Waals surface area contributed by atoms with Gasteiger partial charge in [0.25, 0.3) is 0 Å². The van der Waals surface area contributed by atoms with E-state index in [0.29, 0.717) is 12.0 Å². The van der Waals surface area contributed by atoms with Gasteiger partial charge in [-0.05, 0) is 7.05 Å². The van der Waals surface area contributed by atoms with Crippen LogP contribution in [0.1, 0.15) is 0 Å². The molecule has 1 aliphatic heterocycles. The first kappa shape index (κ1) is 10.3. The highest BCUT2D eigenvalue weighted by Gasteiger charge is 2.16. The molecular weight excluding hydrogens is 176 g/mol. The average Bonchev–Trinajstić information content (AvgIpc) is 2.05. The highest BCUT2D eigenvalue weighted by molar-refractivity contribution is 6.18. The van der Waals surface area contributed by atoms with E-state index in [0.717, 1.165) is 32.8 Å².